The summed E-state index contributed by atoms with van der Waals surface area (Å²) in [4.78, 5) is 28.4. The SMILES string of the molecule is CCCCCCCCCCCCCCCCSC1=C(O)C2=NC=CC(=O)C2=CC1=O. The third-order valence-electron chi connectivity index (χ3n) is 5.63. The first-order valence-corrected chi connectivity index (χ1v) is 12.7. The van der Waals surface area contributed by atoms with E-state index in [1.807, 2.05) is 0 Å². The first kappa shape index (κ1) is 24.6. The molecule has 0 aromatic heterocycles. The summed E-state index contributed by atoms with van der Waals surface area (Å²) < 4.78 is 0. The van der Waals surface area contributed by atoms with Crippen LogP contribution >= 0.6 is 11.8 Å². The van der Waals surface area contributed by atoms with E-state index in [0.717, 1.165) is 18.6 Å². The van der Waals surface area contributed by atoms with Gasteiger partial charge in [0.25, 0.3) is 0 Å². The summed E-state index contributed by atoms with van der Waals surface area (Å²) in [7, 11) is 0. The van der Waals surface area contributed by atoms with Crippen molar-refractivity contribution in [3.05, 3.63) is 34.6 Å². The summed E-state index contributed by atoms with van der Waals surface area (Å²) in [6, 6.07) is 0. The fourth-order valence-electron chi connectivity index (χ4n) is 3.81. The number of hydrogen-bond donors (Lipinski definition) is 1. The minimum absolute atomic E-state index is 0.148. The molecule has 0 amide bonds. The maximum Gasteiger partial charge on any atom is 0.196 e. The second kappa shape index (κ2) is 14.4. The number of carbonyl (C=O) groups excluding carboxylic acids is 2. The molecule has 0 bridgehead atoms. The average molecular weight is 432 g/mol. The second-order valence-corrected chi connectivity index (χ2v) is 9.31. The van der Waals surface area contributed by atoms with Gasteiger partial charge >= 0.3 is 0 Å². The molecule has 0 aromatic carbocycles. The van der Waals surface area contributed by atoms with E-state index >= 15 is 0 Å². The summed E-state index contributed by atoms with van der Waals surface area (Å²) in [6.45, 7) is 2.26. The standard InChI is InChI=1S/C25H37NO3S/c1-2-3-4-5-6-7-8-9-10-11-12-13-14-15-18-30-25-22(28)19-20-21(27)16-17-26-23(20)24(25)29/h16-17,19,29H,2-15,18H2,1H3. The van der Waals surface area contributed by atoms with Gasteiger partial charge < -0.3 is 5.11 Å². The number of hydrogen-bond acceptors (Lipinski definition) is 5. The number of unbranched alkanes of at least 4 members (excludes halogenated alkanes) is 13. The minimum Gasteiger partial charge on any atom is -0.504 e. The Balaban J connectivity index is 1.49. The molecule has 0 saturated carbocycles. The zero-order valence-corrected chi connectivity index (χ0v) is 19.3. The van der Waals surface area contributed by atoms with Gasteiger partial charge in [-0.05, 0) is 12.2 Å². The lowest BCUT2D eigenvalue weighted by molar-refractivity contribution is -0.113. The number of aliphatic hydroxyl groups excluding tert-OH is 1. The van der Waals surface area contributed by atoms with Crippen LogP contribution in [0, 0.1) is 0 Å². The molecular formula is C25H37NO3S. The van der Waals surface area contributed by atoms with Gasteiger partial charge in [0.15, 0.2) is 17.3 Å². The molecule has 0 radical (unpaired) electrons. The molecule has 1 aliphatic heterocycles. The number of nitrogens with zero attached hydrogens (tertiary/aromatic N) is 1. The summed E-state index contributed by atoms with van der Waals surface area (Å²) in [5.41, 5.74) is 0.423. The third kappa shape index (κ3) is 8.25. The molecule has 30 heavy (non-hydrogen) atoms. The maximum absolute atomic E-state index is 12.2. The van der Waals surface area contributed by atoms with Gasteiger partial charge in [0.05, 0.1) is 10.5 Å². The van der Waals surface area contributed by atoms with E-state index in [4.69, 9.17) is 0 Å². The van der Waals surface area contributed by atoms with E-state index in [1.54, 1.807) is 0 Å². The van der Waals surface area contributed by atoms with E-state index in [0.29, 0.717) is 4.91 Å². The molecule has 1 heterocycles. The highest BCUT2D eigenvalue weighted by atomic mass is 32.2. The van der Waals surface area contributed by atoms with Crippen LogP contribution in [-0.4, -0.2) is 28.1 Å². The van der Waals surface area contributed by atoms with Crippen LogP contribution in [-0.2, 0) is 9.59 Å². The highest BCUT2D eigenvalue weighted by Crippen LogP contribution is 2.30. The Morgan fingerprint density at radius 3 is 1.90 bits per heavy atom. The van der Waals surface area contributed by atoms with Crippen molar-refractivity contribution in [2.24, 2.45) is 4.99 Å². The van der Waals surface area contributed by atoms with Crippen LogP contribution in [0.4, 0.5) is 0 Å². The van der Waals surface area contributed by atoms with Crippen LogP contribution in [0.5, 0.6) is 0 Å². The van der Waals surface area contributed by atoms with Gasteiger partial charge in [-0.1, -0.05) is 90.4 Å². The number of allylic oxidation sites excluding steroid dienone is 4. The molecule has 5 heteroatoms. The Kier molecular flexibility index (Phi) is 11.8. The van der Waals surface area contributed by atoms with E-state index in [1.165, 1.54) is 107 Å². The Morgan fingerprint density at radius 2 is 1.33 bits per heavy atom. The van der Waals surface area contributed by atoms with Crippen molar-refractivity contribution in [2.45, 2.75) is 96.8 Å². The molecule has 2 rings (SSSR count). The average Bonchev–Trinajstić information content (AvgIpc) is 2.74. The number of aliphatic hydroxyl groups is 1. The molecule has 1 aliphatic carbocycles. The van der Waals surface area contributed by atoms with Crippen molar-refractivity contribution >= 4 is 29.0 Å². The predicted molar refractivity (Wildman–Crippen MR) is 127 cm³/mol. The molecule has 2 aliphatic rings. The van der Waals surface area contributed by atoms with Crippen molar-refractivity contribution < 1.29 is 14.7 Å². The summed E-state index contributed by atoms with van der Waals surface area (Å²) in [5.74, 6) is 0.0746. The van der Waals surface area contributed by atoms with Crippen LogP contribution in [0.3, 0.4) is 0 Å². The molecule has 0 aromatic rings. The monoisotopic (exact) mass is 431 g/mol. The number of ketones is 2. The van der Waals surface area contributed by atoms with Crippen molar-refractivity contribution in [3.63, 3.8) is 0 Å². The van der Waals surface area contributed by atoms with Gasteiger partial charge in [0.2, 0.25) is 0 Å². The molecule has 0 unspecified atom stereocenters. The van der Waals surface area contributed by atoms with Gasteiger partial charge in [-0.2, -0.15) is 0 Å². The molecule has 4 nitrogen and oxygen atoms in total. The van der Waals surface area contributed by atoms with Crippen molar-refractivity contribution in [3.8, 4) is 0 Å². The van der Waals surface area contributed by atoms with E-state index in [9.17, 15) is 14.7 Å². The Labute approximate surface area is 186 Å². The molecule has 0 spiro atoms. The normalized spacial score (nSPS) is 16.0. The predicted octanol–water partition coefficient (Wildman–Crippen LogP) is 7.02. The molecule has 0 fully saturated rings. The highest BCUT2D eigenvalue weighted by molar-refractivity contribution is 8.04. The summed E-state index contributed by atoms with van der Waals surface area (Å²) in [6.07, 6.45) is 22.4. The minimum atomic E-state index is -0.291. The van der Waals surface area contributed by atoms with Crippen molar-refractivity contribution in [1.82, 2.24) is 0 Å². The topological polar surface area (TPSA) is 66.7 Å². The van der Waals surface area contributed by atoms with Crippen molar-refractivity contribution in [2.75, 3.05) is 5.75 Å². The van der Waals surface area contributed by atoms with Gasteiger partial charge in [0, 0.05) is 18.4 Å². The second-order valence-electron chi connectivity index (χ2n) is 8.20. The third-order valence-corrected chi connectivity index (χ3v) is 6.81. The van der Waals surface area contributed by atoms with Crippen molar-refractivity contribution in [1.29, 1.82) is 0 Å². The number of aliphatic imine (C=N–C) groups is 1. The molecule has 0 atom stereocenters. The number of thioether (sulfide) groups is 1. The largest absolute Gasteiger partial charge is 0.504 e. The molecule has 166 valence electrons. The fourth-order valence-corrected chi connectivity index (χ4v) is 4.80. The van der Waals surface area contributed by atoms with Gasteiger partial charge in [-0.25, -0.2) is 0 Å². The lowest BCUT2D eigenvalue weighted by Gasteiger charge is -2.18. The molecule has 0 saturated heterocycles. The summed E-state index contributed by atoms with van der Waals surface area (Å²) in [5, 5.41) is 10.3. The lowest BCUT2D eigenvalue weighted by atomic mass is 9.96. The number of rotatable bonds is 16. The Bertz CT molecular complexity index is 703. The van der Waals surface area contributed by atoms with Gasteiger partial charge in [0.1, 0.15) is 5.71 Å². The number of carbonyl (C=O) groups is 2. The van der Waals surface area contributed by atoms with Crippen LogP contribution in [0.25, 0.3) is 0 Å². The van der Waals surface area contributed by atoms with Gasteiger partial charge in [-0.15, -0.1) is 11.8 Å². The Morgan fingerprint density at radius 1 is 0.800 bits per heavy atom. The quantitative estimate of drug-likeness (QED) is 0.211. The highest BCUT2D eigenvalue weighted by Gasteiger charge is 2.30. The van der Waals surface area contributed by atoms with E-state index in [2.05, 4.69) is 11.9 Å². The molecule has 1 N–H and O–H groups in total. The van der Waals surface area contributed by atoms with Crippen LogP contribution < -0.4 is 0 Å². The first-order valence-electron chi connectivity index (χ1n) is 11.8. The van der Waals surface area contributed by atoms with Crippen LogP contribution in [0.1, 0.15) is 96.8 Å². The summed E-state index contributed by atoms with van der Waals surface area (Å²) >= 11 is 1.37. The number of fused-ring (bicyclic) bond motifs is 1. The van der Waals surface area contributed by atoms with Gasteiger partial charge in [-0.3, -0.25) is 14.6 Å². The smallest absolute Gasteiger partial charge is 0.196 e. The maximum atomic E-state index is 12.2. The van der Waals surface area contributed by atoms with Crippen LogP contribution in [0.15, 0.2) is 39.6 Å². The van der Waals surface area contributed by atoms with E-state index in [-0.39, 0.29) is 28.6 Å². The zero-order chi connectivity index (χ0) is 21.6. The van der Waals surface area contributed by atoms with E-state index < -0.39 is 0 Å². The fraction of sp³-hybridized carbons (Fsp3) is 0.640. The lowest BCUT2D eigenvalue weighted by Crippen LogP contribution is -2.24. The molecular weight excluding hydrogens is 394 g/mol. The Hall–Kier alpha value is -1.62. The zero-order valence-electron chi connectivity index (χ0n) is 18.5. The first-order chi connectivity index (χ1) is 14.6. The van der Waals surface area contributed by atoms with Crippen LogP contribution in [0.2, 0.25) is 0 Å².